The van der Waals surface area contributed by atoms with Crippen molar-refractivity contribution in [1.29, 1.82) is 0 Å². The standard InChI is InChI=1S/C14H24N4OS/c1-9(13-8-18(3)17-10(13)2)15-14(19)16-11-5-6-12(7-11)20-4/h8-9,11-12H,5-7H2,1-4H3,(H2,15,16,19). The van der Waals surface area contributed by atoms with Gasteiger partial charge in [0.2, 0.25) is 0 Å². The van der Waals surface area contributed by atoms with Gasteiger partial charge in [-0.2, -0.15) is 16.9 Å². The minimum absolute atomic E-state index is 0.0264. The van der Waals surface area contributed by atoms with Crippen LogP contribution in [0.2, 0.25) is 0 Å². The highest BCUT2D eigenvalue weighted by atomic mass is 32.2. The second kappa shape index (κ2) is 6.52. The number of carbonyl (C=O) groups is 1. The molecule has 0 bridgehead atoms. The van der Waals surface area contributed by atoms with Crippen LogP contribution < -0.4 is 10.6 Å². The van der Waals surface area contributed by atoms with Gasteiger partial charge in [0, 0.05) is 30.1 Å². The molecule has 3 atom stereocenters. The molecule has 20 heavy (non-hydrogen) atoms. The molecule has 112 valence electrons. The SMILES string of the molecule is CSC1CCC(NC(=O)NC(C)c2cn(C)nc2C)C1. The first-order valence-corrected chi connectivity index (χ1v) is 8.38. The Morgan fingerprint density at radius 2 is 2.30 bits per heavy atom. The van der Waals surface area contributed by atoms with Gasteiger partial charge in [-0.3, -0.25) is 4.68 Å². The zero-order valence-electron chi connectivity index (χ0n) is 12.6. The van der Waals surface area contributed by atoms with E-state index in [0.717, 1.165) is 24.1 Å². The molecule has 0 radical (unpaired) electrons. The van der Waals surface area contributed by atoms with Crippen LogP contribution in [0.4, 0.5) is 4.79 Å². The molecule has 0 saturated heterocycles. The van der Waals surface area contributed by atoms with Crippen LogP contribution in [0.3, 0.4) is 0 Å². The maximum absolute atomic E-state index is 12.0. The van der Waals surface area contributed by atoms with Gasteiger partial charge in [-0.25, -0.2) is 4.79 Å². The minimum Gasteiger partial charge on any atom is -0.335 e. The molecule has 2 rings (SSSR count). The summed E-state index contributed by atoms with van der Waals surface area (Å²) in [5.74, 6) is 0. The summed E-state index contributed by atoms with van der Waals surface area (Å²) in [6.45, 7) is 3.95. The van der Waals surface area contributed by atoms with E-state index < -0.39 is 0 Å². The maximum atomic E-state index is 12.0. The molecule has 0 aliphatic heterocycles. The van der Waals surface area contributed by atoms with Gasteiger partial charge in [0.15, 0.2) is 0 Å². The number of rotatable bonds is 4. The lowest BCUT2D eigenvalue weighted by Gasteiger charge is -2.17. The molecule has 1 heterocycles. The van der Waals surface area contributed by atoms with E-state index in [9.17, 15) is 4.79 Å². The fourth-order valence-electron chi connectivity index (χ4n) is 2.83. The number of thioether (sulfide) groups is 1. The third-order valence-corrected chi connectivity index (χ3v) is 5.01. The number of carbonyl (C=O) groups excluding carboxylic acids is 1. The average Bonchev–Trinajstić information content (AvgIpc) is 2.95. The summed E-state index contributed by atoms with van der Waals surface area (Å²) in [5, 5.41) is 11.1. The molecule has 0 aromatic carbocycles. The van der Waals surface area contributed by atoms with E-state index >= 15 is 0 Å². The molecule has 2 amide bonds. The lowest BCUT2D eigenvalue weighted by atomic mass is 10.1. The molecule has 3 unspecified atom stereocenters. The first-order chi connectivity index (χ1) is 9.49. The third kappa shape index (κ3) is 3.69. The van der Waals surface area contributed by atoms with Gasteiger partial charge in [-0.1, -0.05) is 0 Å². The number of aryl methyl sites for hydroxylation is 2. The Balaban J connectivity index is 1.84. The highest BCUT2D eigenvalue weighted by Crippen LogP contribution is 2.28. The average molecular weight is 296 g/mol. The van der Waals surface area contributed by atoms with E-state index in [-0.39, 0.29) is 12.1 Å². The van der Waals surface area contributed by atoms with Crippen molar-refractivity contribution < 1.29 is 4.79 Å². The van der Waals surface area contributed by atoms with E-state index in [1.807, 2.05) is 38.9 Å². The zero-order chi connectivity index (χ0) is 14.7. The Morgan fingerprint density at radius 3 is 2.85 bits per heavy atom. The lowest BCUT2D eigenvalue weighted by molar-refractivity contribution is 0.234. The highest BCUT2D eigenvalue weighted by molar-refractivity contribution is 7.99. The molecule has 1 aromatic rings. The van der Waals surface area contributed by atoms with Crippen molar-refractivity contribution in [2.24, 2.45) is 7.05 Å². The van der Waals surface area contributed by atoms with Crippen LogP contribution in [0.1, 0.15) is 43.5 Å². The predicted molar refractivity (Wildman–Crippen MR) is 83.0 cm³/mol. The van der Waals surface area contributed by atoms with E-state index in [1.165, 1.54) is 6.42 Å². The Morgan fingerprint density at radius 1 is 1.55 bits per heavy atom. The molecule has 0 spiro atoms. The predicted octanol–water partition coefficient (Wildman–Crippen LogP) is 2.37. The summed E-state index contributed by atoms with van der Waals surface area (Å²) in [7, 11) is 1.89. The Bertz CT molecular complexity index is 474. The van der Waals surface area contributed by atoms with Gasteiger partial charge in [-0.15, -0.1) is 0 Å². The van der Waals surface area contributed by atoms with E-state index in [4.69, 9.17) is 0 Å². The van der Waals surface area contributed by atoms with Crippen LogP contribution >= 0.6 is 11.8 Å². The number of hydrogen-bond donors (Lipinski definition) is 2. The van der Waals surface area contributed by atoms with Crippen molar-refractivity contribution in [3.63, 3.8) is 0 Å². The van der Waals surface area contributed by atoms with E-state index in [2.05, 4.69) is 22.0 Å². The Kier molecular flexibility index (Phi) is 4.96. The van der Waals surface area contributed by atoms with Crippen molar-refractivity contribution in [2.75, 3.05) is 6.26 Å². The summed E-state index contributed by atoms with van der Waals surface area (Å²) >= 11 is 1.90. The number of nitrogens with zero attached hydrogens (tertiary/aromatic N) is 2. The van der Waals surface area contributed by atoms with Gasteiger partial charge < -0.3 is 10.6 Å². The van der Waals surface area contributed by atoms with Crippen LogP contribution in [0, 0.1) is 6.92 Å². The molecule has 1 fully saturated rings. The first kappa shape index (κ1) is 15.2. The molecule has 5 nitrogen and oxygen atoms in total. The molecule has 1 aliphatic rings. The topological polar surface area (TPSA) is 59.0 Å². The van der Waals surface area contributed by atoms with Crippen molar-refractivity contribution in [2.45, 2.75) is 50.4 Å². The number of amides is 2. The normalized spacial score (nSPS) is 23.6. The van der Waals surface area contributed by atoms with Crippen LogP contribution in [-0.2, 0) is 7.05 Å². The van der Waals surface area contributed by atoms with Gasteiger partial charge in [0.1, 0.15) is 0 Å². The van der Waals surface area contributed by atoms with Crippen LogP contribution in [0.15, 0.2) is 6.20 Å². The summed E-state index contributed by atoms with van der Waals surface area (Å²) < 4.78 is 1.78. The summed E-state index contributed by atoms with van der Waals surface area (Å²) in [6.07, 6.45) is 7.46. The van der Waals surface area contributed by atoms with Crippen molar-refractivity contribution in [3.8, 4) is 0 Å². The number of hydrogen-bond acceptors (Lipinski definition) is 3. The van der Waals surface area contributed by atoms with Gasteiger partial charge in [0.25, 0.3) is 0 Å². The second-order valence-corrected chi connectivity index (χ2v) is 6.69. The third-order valence-electron chi connectivity index (χ3n) is 3.92. The molecule has 1 aliphatic carbocycles. The molecular weight excluding hydrogens is 272 g/mol. The van der Waals surface area contributed by atoms with Crippen molar-refractivity contribution in [1.82, 2.24) is 20.4 Å². The monoisotopic (exact) mass is 296 g/mol. The summed E-state index contributed by atoms with van der Waals surface area (Å²) in [5.41, 5.74) is 2.03. The van der Waals surface area contributed by atoms with Crippen LogP contribution in [0.25, 0.3) is 0 Å². The van der Waals surface area contributed by atoms with E-state index in [0.29, 0.717) is 11.3 Å². The maximum Gasteiger partial charge on any atom is 0.315 e. The van der Waals surface area contributed by atoms with Crippen LogP contribution in [0.5, 0.6) is 0 Å². The molecule has 6 heteroatoms. The summed E-state index contributed by atoms with van der Waals surface area (Å²) in [6, 6.07) is 0.212. The Labute approximate surface area is 124 Å². The first-order valence-electron chi connectivity index (χ1n) is 7.09. The fourth-order valence-corrected chi connectivity index (χ4v) is 3.63. The van der Waals surface area contributed by atoms with E-state index in [1.54, 1.807) is 4.68 Å². The van der Waals surface area contributed by atoms with Crippen LogP contribution in [-0.4, -0.2) is 33.4 Å². The minimum atomic E-state index is -0.0764. The largest absolute Gasteiger partial charge is 0.335 e. The van der Waals surface area contributed by atoms with Crippen molar-refractivity contribution >= 4 is 17.8 Å². The lowest BCUT2D eigenvalue weighted by Crippen LogP contribution is -2.42. The highest BCUT2D eigenvalue weighted by Gasteiger charge is 2.25. The smallest absolute Gasteiger partial charge is 0.315 e. The van der Waals surface area contributed by atoms with Gasteiger partial charge in [-0.05, 0) is 39.4 Å². The second-order valence-electron chi connectivity index (χ2n) is 5.55. The van der Waals surface area contributed by atoms with Gasteiger partial charge in [0.05, 0.1) is 11.7 Å². The number of urea groups is 1. The molecular formula is C14H24N4OS. The number of nitrogens with one attached hydrogen (secondary N) is 2. The van der Waals surface area contributed by atoms with Crippen molar-refractivity contribution in [3.05, 3.63) is 17.5 Å². The zero-order valence-corrected chi connectivity index (χ0v) is 13.5. The summed E-state index contributed by atoms with van der Waals surface area (Å²) in [4.78, 5) is 12.0. The number of aromatic nitrogens is 2. The quantitative estimate of drug-likeness (QED) is 0.897. The Hall–Kier alpha value is -1.17. The fraction of sp³-hybridized carbons (Fsp3) is 0.714. The molecule has 1 aromatic heterocycles. The molecule has 2 N–H and O–H groups in total. The molecule has 1 saturated carbocycles. The van der Waals surface area contributed by atoms with Gasteiger partial charge >= 0.3 is 6.03 Å².